The second-order valence-electron chi connectivity index (χ2n) is 9.45. The molecule has 198 valence electrons. The third kappa shape index (κ3) is 5.81. The van der Waals surface area contributed by atoms with E-state index in [-0.39, 0.29) is 19.1 Å². The molecule has 3 aromatic carbocycles. The minimum atomic E-state index is -0.466. The first-order valence-electron chi connectivity index (χ1n) is 12.8. The van der Waals surface area contributed by atoms with Gasteiger partial charge in [0, 0.05) is 49.4 Å². The molecule has 5 rings (SSSR count). The minimum Gasteiger partial charge on any atom is -0.319 e. The summed E-state index contributed by atoms with van der Waals surface area (Å²) in [4.78, 5) is 16.9. The lowest BCUT2D eigenvalue weighted by molar-refractivity contribution is 0.210. The number of nitrogens with zero attached hydrogens (tertiary/aromatic N) is 5. The predicted molar refractivity (Wildman–Crippen MR) is 144 cm³/mol. The second kappa shape index (κ2) is 11.5. The Hall–Kier alpha value is -4.55. The number of halogens is 2. The molecule has 1 aromatic heterocycles. The van der Waals surface area contributed by atoms with E-state index in [1.807, 2.05) is 41.9 Å². The summed E-state index contributed by atoms with van der Waals surface area (Å²) in [5, 5.41) is 17.0. The van der Waals surface area contributed by atoms with Gasteiger partial charge in [-0.05, 0) is 55.5 Å². The van der Waals surface area contributed by atoms with Gasteiger partial charge in [0.25, 0.3) is 0 Å². The first kappa shape index (κ1) is 26.1. The molecule has 1 aliphatic rings. The molecule has 0 fully saturated rings. The highest BCUT2D eigenvalue weighted by Crippen LogP contribution is 2.28. The van der Waals surface area contributed by atoms with Gasteiger partial charge in [-0.1, -0.05) is 24.3 Å². The summed E-state index contributed by atoms with van der Waals surface area (Å²) in [5.74, 6) is -0.900. The molecule has 2 amide bonds. The van der Waals surface area contributed by atoms with Gasteiger partial charge < -0.3 is 10.2 Å². The number of nitriles is 1. The molecular formula is C30H28F2N6O. The molecule has 39 heavy (non-hydrogen) atoms. The van der Waals surface area contributed by atoms with E-state index in [1.54, 1.807) is 29.2 Å². The highest BCUT2D eigenvalue weighted by Gasteiger charge is 2.28. The number of benzene rings is 3. The molecular weight excluding hydrogens is 498 g/mol. The molecule has 0 radical (unpaired) electrons. The Kier molecular flexibility index (Phi) is 7.66. The lowest BCUT2D eigenvalue weighted by atomic mass is 10.0. The van der Waals surface area contributed by atoms with Crippen molar-refractivity contribution in [3.8, 4) is 11.8 Å². The summed E-state index contributed by atoms with van der Waals surface area (Å²) in [7, 11) is 0. The monoisotopic (exact) mass is 526 g/mol. The summed E-state index contributed by atoms with van der Waals surface area (Å²) in [6.45, 7) is 4.03. The summed E-state index contributed by atoms with van der Waals surface area (Å²) in [6.07, 6.45) is 0.674. The number of amides is 2. The third-order valence-electron chi connectivity index (χ3n) is 6.87. The number of rotatable bonds is 7. The molecule has 0 atom stereocenters. The Morgan fingerprint density at radius 3 is 2.69 bits per heavy atom. The Bertz CT molecular complexity index is 1530. The summed E-state index contributed by atoms with van der Waals surface area (Å²) < 4.78 is 30.1. The van der Waals surface area contributed by atoms with Crippen molar-refractivity contribution in [2.24, 2.45) is 0 Å². The number of para-hydroxylation sites is 1. The number of nitrogens with one attached hydrogen (secondary N) is 1. The molecule has 0 bridgehead atoms. The fraction of sp³-hybridized carbons (Fsp3) is 0.233. The van der Waals surface area contributed by atoms with Gasteiger partial charge in [0.1, 0.15) is 11.6 Å². The highest BCUT2D eigenvalue weighted by molar-refractivity contribution is 5.89. The van der Waals surface area contributed by atoms with Crippen LogP contribution in [-0.4, -0.2) is 38.7 Å². The Balaban J connectivity index is 1.42. The van der Waals surface area contributed by atoms with Crippen LogP contribution in [0, 0.1) is 23.0 Å². The number of anilines is 1. The van der Waals surface area contributed by atoms with Crippen LogP contribution in [0.4, 0.5) is 19.3 Å². The molecule has 9 heteroatoms. The van der Waals surface area contributed by atoms with E-state index >= 15 is 0 Å². The van der Waals surface area contributed by atoms with Gasteiger partial charge in [-0.25, -0.2) is 18.3 Å². The van der Waals surface area contributed by atoms with Crippen LogP contribution < -0.4 is 5.32 Å². The number of fused-ring (bicyclic) bond motifs is 1. The van der Waals surface area contributed by atoms with E-state index in [0.717, 1.165) is 34.8 Å². The van der Waals surface area contributed by atoms with Crippen molar-refractivity contribution in [2.75, 3.05) is 18.4 Å². The van der Waals surface area contributed by atoms with E-state index in [0.29, 0.717) is 42.9 Å². The molecule has 0 spiro atoms. The summed E-state index contributed by atoms with van der Waals surface area (Å²) >= 11 is 0. The molecule has 1 N–H and O–H groups in total. The van der Waals surface area contributed by atoms with Gasteiger partial charge in [-0.2, -0.15) is 10.4 Å². The summed E-state index contributed by atoms with van der Waals surface area (Å²) in [6, 6.07) is 21.9. The quantitative estimate of drug-likeness (QED) is 0.338. The van der Waals surface area contributed by atoms with Crippen molar-refractivity contribution >= 4 is 11.7 Å². The van der Waals surface area contributed by atoms with Crippen LogP contribution in [0.1, 0.15) is 35.0 Å². The van der Waals surface area contributed by atoms with Crippen LogP contribution in [-0.2, 0) is 26.1 Å². The molecule has 0 unspecified atom stereocenters. The standard InChI is InChI=1S/C30H28F2N6O/c1-2-37(30(39)34-24-8-6-7-21(15-24)17-33)20-28-26-19-36(18-22-16-23(31)11-12-27(22)32)14-13-29(26)38(35-28)25-9-4-3-5-10-25/h3-12,15-16H,2,13-14,18-20H2,1H3,(H,34,39). The first-order chi connectivity index (χ1) is 18.9. The fourth-order valence-corrected chi connectivity index (χ4v) is 4.87. The third-order valence-corrected chi connectivity index (χ3v) is 6.87. The van der Waals surface area contributed by atoms with Crippen molar-refractivity contribution in [1.29, 1.82) is 5.26 Å². The van der Waals surface area contributed by atoms with Crippen molar-refractivity contribution in [1.82, 2.24) is 19.6 Å². The molecule has 0 saturated carbocycles. The topological polar surface area (TPSA) is 77.2 Å². The van der Waals surface area contributed by atoms with Crippen LogP contribution >= 0.6 is 0 Å². The molecule has 4 aromatic rings. The Labute approximate surface area is 225 Å². The van der Waals surface area contributed by atoms with Crippen molar-refractivity contribution in [2.45, 2.75) is 33.0 Å². The average molecular weight is 527 g/mol. The van der Waals surface area contributed by atoms with Gasteiger partial charge in [0.05, 0.1) is 35.3 Å². The Morgan fingerprint density at radius 1 is 1.10 bits per heavy atom. The van der Waals surface area contributed by atoms with Crippen LogP contribution in [0.3, 0.4) is 0 Å². The molecule has 7 nitrogen and oxygen atoms in total. The molecule has 2 heterocycles. The van der Waals surface area contributed by atoms with Crippen LogP contribution in [0.2, 0.25) is 0 Å². The zero-order chi connectivity index (χ0) is 27.4. The van der Waals surface area contributed by atoms with E-state index in [4.69, 9.17) is 5.10 Å². The molecule has 0 aliphatic carbocycles. The zero-order valence-corrected chi connectivity index (χ0v) is 21.6. The highest BCUT2D eigenvalue weighted by atomic mass is 19.1. The predicted octanol–water partition coefficient (Wildman–Crippen LogP) is 5.63. The maximum absolute atomic E-state index is 14.4. The van der Waals surface area contributed by atoms with Gasteiger partial charge in [-0.3, -0.25) is 4.90 Å². The van der Waals surface area contributed by atoms with Crippen LogP contribution in [0.5, 0.6) is 0 Å². The van der Waals surface area contributed by atoms with Gasteiger partial charge in [0.2, 0.25) is 0 Å². The number of hydrogen-bond acceptors (Lipinski definition) is 4. The fourth-order valence-electron chi connectivity index (χ4n) is 4.87. The largest absolute Gasteiger partial charge is 0.322 e. The average Bonchev–Trinajstić information content (AvgIpc) is 3.31. The van der Waals surface area contributed by atoms with E-state index < -0.39 is 11.6 Å². The zero-order valence-electron chi connectivity index (χ0n) is 21.6. The van der Waals surface area contributed by atoms with E-state index in [1.165, 1.54) is 6.07 Å². The van der Waals surface area contributed by atoms with Crippen molar-refractivity contribution in [3.63, 3.8) is 0 Å². The lowest BCUT2D eigenvalue weighted by Gasteiger charge is -2.28. The minimum absolute atomic E-state index is 0.268. The number of carbonyl (C=O) groups excluding carboxylic acids is 1. The first-order valence-corrected chi connectivity index (χ1v) is 12.8. The lowest BCUT2D eigenvalue weighted by Crippen LogP contribution is -2.35. The number of carbonyl (C=O) groups is 1. The van der Waals surface area contributed by atoms with Crippen LogP contribution in [0.15, 0.2) is 72.8 Å². The second-order valence-corrected chi connectivity index (χ2v) is 9.45. The van der Waals surface area contributed by atoms with Crippen molar-refractivity contribution < 1.29 is 13.6 Å². The maximum Gasteiger partial charge on any atom is 0.322 e. The summed E-state index contributed by atoms with van der Waals surface area (Å²) in [5.41, 5.74) is 5.01. The Morgan fingerprint density at radius 2 is 1.92 bits per heavy atom. The molecule has 0 saturated heterocycles. The van der Waals surface area contributed by atoms with Crippen molar-refractivity contribution in [3.05, 3.63) is 113 Å². The maximum atomic E-state index is 14.4. The number of urea groups is 1. The van der Waals surface area contributed by atoms with Gasteiger partial charge in [0.15, 0.2) is 0 Å². The van der Waals surface area contributed by atoms with Crippen LogP contribution in [0.25, 0.3) is 5.69 Å². The smallest absolute Gasteiger partial charge is 0.319 e. The van der Waals surface area contributed by atoms with E-state index in [9.17, 15) is 18.8 Å². The van der Waals surface area contributed by atoms with Gasteiger partial charge in [-0.15, -0.1) is 0 Å². The van der Waals surface area contributed by atoms with Gasteiger partial charge >= 0.3 is 6.03 Å². The normalized spacial score (nSPS) is 13.0. The number of hydrogen-bond donors (Lipinski definition) is 1. The SMILES string of the molecule is CCN(Cc1nn(-c2ccccc2)c2c1CN(Cc1cc(F)ccc1F)CC2)C(=O)Nc1cccc(C#N)c1. The number of aromatic nitrogens is 2. The molecule has 1 aliphatic heterocycles. The van der Waals surface area contributed by atoms with E-state index in [2.05, 4.69) is 16.3 Å².